The maximum Gasteiger partial charge on any atom is 0.271 e. The monoisotopic (exact) mass is 443 g/mol. The minimum absolute atomic E-state index is 0.0874. The number of nitrogens with zero attached hydrogens (tertiary/aromatic N) is 3. The van der Waals surface area contributed by atoms with Crippen LogP contribution in [0.3, 0.4) is 0 Å². The highest BCUT2D eigenvalue weighted by molar-refractivity contribution is 6.03. The topological polar surface area (TPSA) is 131 Å². The van der Waals surface area contributed by atoms with Gasteiger partial charge in [-0.3, -0.25) is 14.4 Å². The van der Waals surface area contributed by atoms with E-state index in [-0.39, 0.29) is 17.8 Å². The van der Waals surface area contributed by atoms with Gasteiger partial charge in [-0.05, 0) is 18.2 Å². The molecule has 9 nitrogen and oxygen atoms in total. The van der Waals surface area contributed by atoms with E-state index in [1.165, 1.54) is 15.8 Å². The molecule has 1 saturated heterocycles. The molecule has 2 fully saturated rings. The Kier molecular flexibility index (Phi) is 4.97. The van der Waals surface area contributed by atoms with Crippen molar-refractivity contribution in [2.24, 2.45) is 11.7 Å². The van der Waals surface area contributed by atoms with Crippen molar-refractivity contribution in [2.75, 3.05) is 18.9 Å². The van der Waals surface area contributed by atoms with Gasteiger partial charge in [-0.1, -0.05) is 17.9 Å². The minimum Gasteiger partial charge on any atom is -0.369 e. The molecular weight excluding hydrogens is 424 g/mol. The van der Waals surface area contributed by atoms with E-state index in [1.807, 2.05) is 0 Å². The first-order valence-electron chi connectivity index (χ1n) is 9.70. The number of aromatic nitrogens is 2. The predicted octanol–water partition coefficient (Wildman–Crippen LogP) is 0.510. The van der Waals surface area contributed by atoms with Crippen molar-refractivity contribution in [1.82, 2.24) is 14.7 Å². The van der Waals surface area contributed by atoms with E-state index in [0.29, 0.717) is 17.8 Å². The number of carbonyl (C=O) groups is 3. The molecule has 1 aromatic carbocycles. The van der Waals surface area contributed by atoms with Crippen molar-refractivity contribution < 1.29 is 28.3 Å². The van der Waals surface area contributed by atoms with Gasteiger partial charge in [0.05, 0.1) is 17.6 Å². The SMILES string of the molecule is CN1CC[C@@](O)(C#Cc2cccc(-n3cc(NC(=O)[C@H]4CC4(F)F)c(C(N)=O)n3)c2)C1=O. The average molecular weight is 443 g/mol. The molecular formula is C21H19F2N5O4. The normalized spacial score (nSPS) is 23.4. The molecule has 0 spiro atoms. The number of likely N-dealkylation sites (tertiary alicyclic amines) is 1. The Balaban J connectivity index is 1.60. The predicted molar refractivity (Wildman–Crippen MR) is 108 cm³/mol. The molecule has 0 radical (unpaired) electrons. The number of aliphatic hydroxyl groups is 1. The van der Waals surface area contributed by atoms with Gasteiger partial charge in [0.25, 0.3) is 17.7 Å². The first kappa shape index (κ1) is 21.5. The van der Waals surface area contributed by atoms with Gasteiger partial charge in [0.1, 0.15) is 5.92 Å². The summed E-state index contributed by atoms with van der Waals surface area (Å²) >= 11 is 0. The summed E-state index contributed by atoms with van der Waals surface area (Å²) in [4.78, 5) is 37.2. The van der Waals surface area contributed by atoms with Gasteiger partial charge in [-0.2, -0.15) is 5.10 Å². The number of anilines is 1. The zero-order valence-electron chi connectivity index (χ0n) is 16.9. The van der Waals surface area contributed by atoms with Crippen LogP contribution < -0.4 is 11.1 Å². The summed E-state index contributed by atoms with van der Waals surface area (Å²) in [5.41, 5.74) is 4.07. The number of hydrogen-bond donors (Lipinski definition) is 3. The lowest BCUT2D eigenvalue weighted by Crippen LogP contribution is -2.37. The smallest absolute Gasteiger partial charge is 0.271 e. The summed E-state index contributed by atoms with van der Waals surface area (Å²) < 4.78 is 27.6. The molecule has 2 atom stereocenters. The Labute approximate surface area is 181 Å². The molecule has 4 N–H and O–H groups in total. The average Bonchev–Trinajstić information content (AvgIpc) is 3.07. The second-order valence-electron chi connectivity index (χ2n) is 7.84. The molecule has 166 valence electrons. The number of rotatable bonds is 4. The van der Waals surface area contributed by atoms with Crippen LogP contribution in [0.15, 0.2) is 30.5 Å². The molecule has 0 bridgehead atoms. The van der Waals surface area contributed by atoms with Crippen molar-refractivity contribution in [3.8, 4) is 17.5 Å². The van der Waals surface area contributed by atoms with Crippen molar-refractivity contribution in [3.63, 3.8) is 0 Å². The van der Waals surface area contributed by atoms with E-state index in [9.17, 15) is 28.3 Å². The number of benzene rings is 1. The van der Waals surface area contributed by atoms with Gasteiger partial charge in [0.2, 0.25) is 11.5 Å². The standard InChI is InChI=1S/C21H19F2N5O4/c1-27-8-7-20(32,19(27)31)6-5-12-3-2-4-13(9-12)28-11-15(16(26-28)17(24)29)25-18(30)14-10-21(14,22)23/h2-4,9,11,14,32H,7-8,10H2,1H3,(H2,24,29)(H,25,30)/t14-,20+/m1/s1. The fraction of sp³-hybridized carbons (Fsp3) is 0.333. The van der Waals surface area contributed by atoms with E-state index in [0.717, 1.165) is 0 Å². The molecule has 0 unspecified atom stereocenters. The van der Waals surface area contributed by atoms with E-state index >= 15 is 0 Å². The van der Waals surface area contributed by atoms with Gasteiger partial charge < -0.3 is 21.1 Å². The van der Waals surface area contributed by atoms with E-state index < -0.39 is 41.6 Å². The third-order valence-corrected chi connectivity index (χ3v) is 5.38. The van der Waals surface area contributed by atoms with Gasteiger partial charge in [-0.25, -0.2) is 13.5 Å². The van der Waals surface area contributed by atoms with Gasteiger partial charge in [0, 0.05) is 32.0 Å². The Hall–Kier alpha value is -3.78. The first-order chi connectivity index (χ1) is 15.0. The van der Waals surface area contributed by atoms with Crippen LogP contribution in [0.2, 0.25) is 0 Å². The molecule has 32 heavy (non-hydrogen) atoms. The maximum absolute atomic E-state index is 13.2. The van der Waals surface area contributed by atoms with Crippen LogP contribution >= 0.6 is 0 Å². The van der Waals surface area contributed by atoms with Gasteiger partial charge in [-0.15, -0.1) is 0 Å². The summed E-state index contributed by atoms with van der Waals surface area (Å²) in [6.45, 7) is 0.397. The zero-order valence-corrected chi connectivity index (χ0v) is 16.9. The highest BCUT2D eigenvalue weighted by Gasteiger charge is 2.61. The summed E-state index contributed by atoms with van der Waals surface area (Å²) in [5, 5.41) is 16.8. The molecule has 11 heteroatoms. The highest BCUT2D eigenvalue weighted by Crippen LogP contribution is 2.49. The highest BCUT2D eigenvalue weighted by atomic mass is 19.3. The third-order valence-electron chi connectivity index (χ3n) is 5.38. The Morgan fingerprint density at radius 1 is 1.38 bits per heavy atom. The molecule has 1 aliphatic heterocycles. The zero-order chi connectivity index (χ0) is 23.3. The number of primary amides is 1. The molecule has 2 heterocycles. The van der Waals surface area contributed by atoms with Crippen LogP contribution in [0.4, 0.5) is 14.5 Å². The third kappa shape index (κ3) is 3.92. The summed E-state index contributed by atoms with van der Waals surface area (Å²) in [6, 6.07) is 6.50. The Bertz CT molecular complexity index is 1200. The van der Waals surface area contributed by atoms with Crippen LogP contribution in [0.1, 0.15) is 28.9 Å². The number of amides is 3. The lowest BCUT2D eigenvalue weighted by atomic mass is 10.0. The number of nitrogens with two attached hydrogens (primary N) is 1. The summed E-state index contributed by atoms with van der Waals surface area (Å²) in [5.74, 6) is -1.47. The quantitative estimate of drug-likeness (QED) is 0.593. The van der Waals surface area contributed by atoms with Crippen LogP contribution in [0.5, 0.6) is 0 Å². The van der Waals surface area contributed by atoms with Crippen molar-refractivity contribution in [2.45, 2.75) is 24.4 Å². The number of hydrogen-bond acceptors (Lipinski definition) is 5. The summed E-state index contributed by atoms with van der Waals surface area (Å²) in [6.07, 6.45) is 0.928. The number of likely N-dealkylation sites (N-methyl/N-ethyl adjacent to an activating group) is 1. The van der Waals surface area contributed by atoms with E-state index in [2.05, 4.69) is 22.3 Å². The molecule has 1 saturated carbocycles. The second-order valence-corrected chi connectivity index (χ2v) is 7.84. The van der Waals surface area contributed by atoms with E-state index in [1.54, 1.807) is 31.3 Å². The molecule has 1 aromatic heterocycles. The Morgan fingerprint density at radius 3 is 2.69 bits per heavy atom. The molecule has 2 aromatic rings. The lowest BCUT2D eigenvalue weighted by Gasteiger charge is -2.13. The van der Waals surface area contributed by atoms with Crippen molar-refractivity contribution in [1.29, 1.82) is 0 Å². The fourth-order valence-corrected chi connectivity index (χ4v) is 3.37. The van der Waals surface area contributed by atoms with Crippen molar-refractivity contribution in [3.05, 3.63) is 41.7 Å². The molecule has 3 amide bonds. The largest absolute Gasteiger partial charge is 0.369 e. The van der Waals surface area contributed by atoms with Gasteiger partial charge >= 0.3 is 0 Å². The summed E-state index contributed by atoms with van der Waals surface area (Å²) in [7, 11) is 1.58. The van der Waals surface area contributed by atoms with Crippen molar-refractivity contribution >= 4 is 23.4 Å². The first-order valence-corrected chi connectivity index (χ1v) is 9.70. The fourth-order valence-electron chi connectivity index (χ4n) is 3.37. The number of alkyl halides is 2. The molecule has 4 rings (SSSR count). The van der Waals surface area contributed by atoms with Crippen LogP contribution in [0, 0.1) is 17.8 Å². The van der Waals surface area contributed by atoms with Gasteiger partial charge in [0.15, 0.2) is 5.69 Å². The van der Waals surface area contributed by atoms with Crippen LogP contribution in [-0.4, -0.2) is 62.6 Å². The minimum atomic E-state index is -3.06. The van der Waals surface area contributed by atoms with Crippen LogP contribution in [-0.2, 0) is 9.59 Å². The second kappa shape index (κ2) is 7.42. The number of nitrogens with one attached hydrogen (secondary N) is 1. The van der Waals surface area contributed by atoms with E-state index in [4.69, 9.17) is 5.73 Å². The molecule has 2 aliphatic rings. The number of halogens is 2. The number of carbonyl (C=O) groups excluding carboxylic acids is 3. The lowest BCUT2D eigenvalue weighted by molar-refractivity contribution is -0.137. The van der Waals surface area contributed by atoms with Crippen LogP contribution in [0.25, 0.3) is 5.69 Å². The Morgan fingerprint density at radius 2 is 2.09 bits per heavy atom. The molecule has 1 aliphatic carbocycles. The maximum atomic E-state index is 13.2.